The van der Waals surface area contributed by atoms with E-state index in [1.54, 1.807) is 31.4 Å². The maximum absolute atomic E-state index is 12.3. The second kappa shape index (κ2) is 5.51. The second-order valence-electron chi connectivity index (χ2n) is 4.97. The molecule has 23 heavy (non-hydrogen) atoms. The number of halogens is 1. The Kier molecular flexibility index (Phi) is 3.65. The van der Waals surface area contributed by atoms with Crippen LogP contribution in [0, 0.1) is 0 Å². The summed E-state index contributed by atoms with van der Waals surface area (Å²) >= 11 is 6.20. The van der Waals surface area contributed by atoms with Crippen molar-refractivity contribution >= 4 is 22.8 Å². The third-order valence-electron chi connectivity index (χ3n) is 3.60. The SMILES string of the molecule is COc1ccc(-c2nc3c(=O)n(C)c(=O)n(C)c3nc2Cl)cc1. The molecule has 2 aromatic heterocycles. The normalized spacial score (nSPS) is 11.0. The first-order valence-corrected chi connectivity index (χ1v) is 7.09. The molecule has 0 N–H and O–H groups in total. The smallest absolute Gasteiger partial charge is 0.332 e. The first kappa shape index (κ1) is 15.2. The van der Waals surface area contributed by atoms with E-state index in [1.807, 2.05) is 0 Å². The minimum Gasteiger partial charge on any atom is -0.497 e. The van der Waals surface area contributed by atoms with Gasteiger partial charge >= 0.3 is 5.69 Å². The zero-order valence-electron chi connectivity index (χ0n) is 12.7. The summed E-state index contributed by atoms with van der Waals surface area (Å²) < 4.78 is 7.34. The van der Waals surface area contributed by atoms with E-state index in [0.29, 0.717) is 17.0 Å². The molecule has 0 bridgehead atoms. The van der Waals surface area contributed by atoms with Crippen LogP contribution in [-0.2, 0) is 14.1 Å². The van der Waals surface area contributed by atoms with Gasteiger partial charge in [-0.05, 0) is 24.3 Å². The van der Waals surface area contributed by atoms with Gasteiger partial charge in [0.2, 0.25) is 0 Å². The molecule has 0 saturated carbocycles. The van der Waals surface area contributed by atoms with Crippen molar-refractivity contribution in [2.75, 3.05) is 7.11 Å². The molecule has 0 spiro atoms. The first-order chi connectivity index (χ1) is 10.9. The number of hydrogen-bond acceptors (Lipinski definition) is 5. The van der Waals surface area contributed by atoms with Crippen LogP contribution in [0.1, 0.15) is 0 Å². The lowest BCUT2D eigenvalue weighted by atomic mass is 10.1. The van der Waals surface area contributed by atoms with Gasteiger partial charge in [-0.2, -0.15) is 0 Å². The lowest BCUT2D eigenvalue weighted by Crippen LogP contribution is -2.37. The average Bonchev–Trinajstić information content (AvgIpc) is 2.58. The Morgan fingerprint density at radius 2 is 1.70 bits per heavy atom. The minimum absolute atomic E-state index is 0.0878. The molecular weight excluding hydrogens is 320 g/mol. The molecule has 0 radical (unpaired) electrons. The number of nitrogens with zero attached hydrogens (tertiary/aromatic N) is 4. The Morgan fingerprint density at radius 3 is 2.30 bits per heavy atom. The summed E-state index contributed by atoms with van der Waals surface area (Å²) in [6.07, 6.45) is 0. The summed E-state index contributed by atoms with van der Waals surface area (Å²) in [7, 11) is 4.48. The molecule has 0 atom stereocenters. The van der Waals surface area contributed by atoms with Crippen molar-refractivity contribution in [1.82, 2.24) is 19.1 Å². The van der Waals surface area contributed by atoms with E-state index < -0.39 is 11.2 Å². The molecular formula is C15H13ClN4O3. The molecule has 0 unspecified atom stereocenters. The number of aryl methyl sites for hydroxylation is 1. The summed E-state index contributed by atoms with van der Waals surface area (Å²) in [6.45, 7) is 0. The van der Waals surface area contributed by atoms with Gasteiger partial charge in [-0.1, -0.05) is 11.6 Å². The zero-order chi connectivity index (χ0) is 16.7. The molecule has 8 heteroatoms. The van der Waals surface area contributed by atoms with E-state index in [-0.39, 0.29) is 16.3 Å². The first-order valence-electron chi connectivity index (χ1n) is 6.71. The molecule has 3 aromatic rings. The van der Waals surface area contributed by atoms with Gasteiger partial charge in [-0.3, -0.25) is 13.9 Å². The Hall–Kier alpha value is -2.67. The van der Waals surface area contributed by atoms with Crippen LogP contribution in [0.2, 0.25) is 5.15 Å². The number of ether oxygens (including phenoxy) is 1. The van der Waals surface area contributed by atoms with Gasteiger partial charge in [-0.25, -0.2) is 14.8 Å². The van der Waals surface area contributed by atoms with Crippen LogP contribution < -0.4 is 16.0 Å². The molecule has 0 aliphatic carbocycles. The number of benzene rings is 1. The van der Waals surface area contributed by atoms with E-state index in [4.69, 9.17) is 16.3 Å². The fourth-order valence-corrected chi connectivity index (χ4v) is 2.51. The molecule has 0 aliphatic heterocycles. The lowest BCUT2D eigenvalue weighted by molar-refractivity contribution is 0.415. The van der Waals surface area contributed by atoms with Crippen LogP contribution in [0.25, 0.3) is 22.4 Å². The highest BCUT2D eigenvalue weighted by atomic mass is 35.5. The fourth-order valence-electron chi connectivity index (χ4n) is 2.28. The Labute approximate surface area is 135 Å². The quantitative estimate of drug-likeness (QED) is 0.708. The average molecular weight is 333 g/mol. The molecule has 118 valence electrons. The summed E-state index contributed by atoms with van der Waals surface area (Å²) in [4.78, 5) is 32.7. The Bertz CT molecular complexity index is 1020. The zero-order valence-corrected chi connectivity index (χ0v) is 13.5. The van der Waals surface area contributed by atoms with Crippen molar-refractivity contribution in [3.8, 4) is 17.0 Å². The van der Waals surface area contributed by atoms with Crippen LogP contribution in [0.5, 0.6) is 5.75 Å². The van der Waals surface area contributed by atoms with E-state index in [2.05, 4.69) is 9.97 Å². The summed E-state index contributed by atoms with van der Waals surface area (Å²) in [5, 5.41) is 0.117. The lowest BCUT2D eigenvalue weighted by Gasteiger charge is -2.09. The third kappa shape index (κ3) is 2.39. The summed E-state index contributed by atoms with van der Waals surface area (Å²) in [5.41, 5.74) is 0.316. The maximum atomic E-state index is 12.3. The van der Waals surface area contributed by atoms with E-state index in [1.165, 1.54) is 18.7 Å². The number of methoxy groups -OCH3 is 1. The van der Waals surface area contributed by atoms with Crippen molar-refractivity contribution < 1.29 is 4.74 Å². The van der Waals surface area contributed by atoms with Crippen LogP contribution in [0.15, 0.2) is 33.9 Å². The predicted molar refractivity (Wildman–Crippen MR) is 87.0 cm³/mol. The van der Waals surface area contributed by atoms with Crippen molar-refractivity contribution in [1.29, 1.82) is 0 Å². The summed E-state index contributed by atoms with van der Waals surface area (Å²) in [5.74, 6) is 0.692. The molecule has 0 fully saturated rings. The molecule has 0 amide bonds. The molecule has 0 aliphatic rings. The molecule has 3 rings (SSSR count). The highest BCUT2D eigenvalue weighted by molar-refractivity contribution is 6.32. The number of aromatic nitrogens is 4. The highest BCUT2D eigenvalue weighted by Crippen LogP contribution is 2.27. The maximum Gasteiger partial charge on any atom is 0.332 e. The number of fused-ring (bicyclic) bond motifs is 1. The largest absolute Gasteiger partial charge is 0.497 e. The summed E-state index contributed by atoms with van der Waals surface area (Å²) in [6, 6.07) is 7.06. The van der Waals surface area contributed by atoms with Crippen LogP contribution in [0.4, 0.5) is 0 Å². The predicted octanol–water partition coefficient (Wildman–Crippen LogP) is 1.36. The van der Waals surface area contributed by atoms with Crippen LogP contribution in [-0.4, -0.2) is 26.2 Å². The third-order valence-corrected chi connectivity index (χ3v) is 3.86. The molecule has 1 aromatic carbocycles. The second-order valence-corrected chi connectivity index (χ2v) is 5.33. The van der Waals surface area contributed by atoms with Crippen molar-refractivity contribution in [2.45, 2.75) is 0 Å². The van der Waals surface area contributed by atoms with Gasteiger partial charge in [-0.15, -0.1) is 0 Å². The van der Waals surface area contributed by atoms with Crippen molar-refractivity contribution in [3.05, 3.63) is 50.3 Å². The molecule has 2 heterocycles. The van der Waals surface area contributed by atoms with Crippen molar-refractivity contribution in [3.63, 3.8) is 0 Å². The molecule has 7 nitrogen and oxygen atoms in total. The van der Waals surface area contributed by atoms with Gasteiger partial charge < -0.3 is 4.74 Å². The Morgan fingerprint density at radius 1 is 1.04 bits per heavy atom. The van der Waals surface area contributed by atoms with Crippen LogP contribution in [0.3, 0.4) is 0 Å². The van der Waals surface area contributed by atoms with Gasteiger partial charge in [0, 0.05) is 19.7 Å². The number of rotatable bonds is 2. The van der Waals surface area contributed by atoms with E-state index >= 15 is 0 Å². The monoisotopic (exact) mass is 332 g/mol. The molecule has 0 saturated heterocycles. The topological polar surface area (TPSA) is 79.0 Å². The van der Waals surface area contributed by atoms with E-state index in [9.17, 15) is 9.59 Å². The van der Waals surface area contributed by atoms with E-state index in [0.717, 1.165) is 4.57 Å². The minimum atomic E-state index is -0.512. The number of hydrogen-bond donors (Lipinski definition) is 0. The van der Waals surface area contributed by atoms with Crippen LogP contribution >= 0.6 is 11.6 Å². The van der Waals surface area contributed by atoms with Gasteiger partial charge in [0.1, 0.15) is 11.4 Å². The fraction of sp³-hybridized carbons (Fsp3) is 0.200. The Balaban J connectivity index is 2.33. The standard InChI is InChI=1S/C15H13ClN4O3/c1-19-13-11(14(21)20(2)15(19)22)17-10(12(16)18-13)8-4-6-9(23-3)7-5-8/h4-7H,1-3H3. The van der Waals surface area contributed by atoms with Crippen molar-refractivity contribution in [2.24, 2.45) is 14.1 Å². The van der Waals surface area contributed by atoms with Gasteiger partial charge in [0.05, 0.1) is 7.11 Å². The van der Waals surface area contributed by atoms with Gasteiger partial charge in [0.25, 0.3) is 5.56 Å². The highest BCUT2D eigenvalue weighted by Gasteiger charge is 2.16. The van der Waals surface area contributed by atoms with Gasteiger partial charge in [0.15, 0.2) is 16.3 Å².